The fourth-order valence-electron chi connectivity index (χ4n) is 2.96. The van der Waals surface area contributed by atoms with Gasteiger partial charge in [-0.05, 0) is 31.6 Å². The Balaban J connectivity index is 1.95. The van der Waals surface area contributed by atoms with Crippen molar-refractivity contribution in [3.8, 4) is 6.07 Å². The van der Waals surface area contributed by atoms with E-state index < -0.39 is 5.54 Å². The van der Waals surface area contributed by atoms with Crippen molar-refractivity contribution in [3.05, 3.63) is 0 Å². The zero-order chi connectivity index (χ0) is 14.0. The van der Waals surface area contributed by atoms with Gasteiger partial charge in [0.2, 0.25) is 0 Å². The van der Waals surface area contributed by atoms with E-state index >= 15 is 0 Å². The smallest absolute Gasteiger partial charge is 0.107 e. The van der Waals surface area contributed by atoms with Gasteiger partial charge in [0.15, 0.2) is 0 Å². The molecule has 0 spiro atoms. The molecule has 2 N–H and O–H groups in total. The van der Waals surface area contributed by atoms with Crippen molar-refractivity contribution < 1.29 is 4.74 Å². The first-order valence-corrected chi connectivity index (χ1v) is 8.01. The second-order valence-electron chi connectivity index (χ2n) is 5.91. The summed E-state index contributed by atoms with van der Waals surface area (Å²) in [7, 11) is 0. The molecule has 1 aliphatic rings. The third-order valence-electron chi connectivity index (χ3n) is 4.33. The molecule has 1 aliphatic carbocycles. The van der Waals surface area contributed by atoms with Gasteiger partial charge in [-0.25, -0.2) is 0 Å². The van der Waals surface area contributed by atoms with Crippen LogP contribution in [0.1, 0.15) is 71.1 Å². The van der Waals surface area contributed by atoms with E-state index in [1.54, 1.807) is 0 Å². The third kappa shape index (κ3) is 5.93. The summed E-state index contributed by atoms with van der Waals surface area (Å²) in [6, 6.07) is 2.29. The molecule has 1 fully saturated rings. The first-order chi connectivity index (χ1) is 9.23. The number of hydrogen-bond acceptors (Lipinski definition) is 3. The van der Waals surface area contributed by atoms with Crippen molar-refractivity contribution in [1.82, 2.24) is 0 Å². The van der Waals surface area contributed by atoms with Gasteiger partial charge in [-0.1, -0.05) is 45.4 Å². The SMILES string of the molecule is CCCCCCCCOCCC1CCCC1(N)C#N. The highest BCUT2D eigenvalue weighted by Gasteiger charge is 2.39. The second kappa shape index (κ2) is 9.34. The quantitative estimate of drug-likeness (QED) is 0.612. The van der Waals surface area contributed by atoms with Crippen molar-refractivity contribution >= 4 is 0 Å². The summed E-state index contributed by atoms with van der Waals surface area (Å²) in [6.45, 7) is 3.87. The lowest BCUT2D eigenvalue weighted by Crippen LogP contribution is -2.42. The molecule has 0 aromatic rings. The van der Waals surface area contributed by atoms with Crippen LogP contribution in [0.4, 0.5) is 0 Å². The topological polar surface area (TPSA) is 59.0 Å². The average Bonchev–Trinajstić information content (AvgIpc) is 2.79. The number of nitrogens with zero attached hydrogens (tertiary/aromatic N) is 1. The minimum absolute atomic E-state index is 0.335. The van der Waals surface area contributed by atoms with E-state index in [0.29, 0.717) is 5.92 Å². The molecule has 2 atom stereocenters. The summed E-state index contributed by atoms with van der Waals surface area (Å²) >= 11 is 0. The van der Waals surface area contributed by atoms with Gasteiger partial charge in [0.05, 0.1) is 6.07 Å². The highest BCUT2D eigenvalue weighted by atomic mass is 16.5. The van der Waals surface area contributed by atoms with Gasteiger partial charge in [0.1, 0.15) is 5.54 Å². The van der Waals surface area contributed by atoms with Crippen LogP contribution >= 0.6 is 0 Å². The number of rotatable bonds is 10. The molecule has 19 heavy (non-hydrogen) atoms. The maximum absolute atomic E-state index is 9.12. The molecule has 1 rings (SSSR count). The molecular formula is C16H30N2O. The normalized spacial score (nSPS) is 26.5. The Morgan fingerprint density at radius 1 is 1.21 bits per heavy atom. The van der Waals surface area contributed by atoms with Gasteiger partial charge >= 0.3 is 0 Å². The van der Waals surface area contributed by atoms with Crippen LogP contribution in [-0.2, 0) is 4.74 Å². The zero-order valence-corrected chi connectivity index (χ0v) is 12.5. The van der Waals surface area contributed by atoms with Gasteiger partial charge in [0, 0.05) is 13.2 Å². The van der Waals surface area contributed by atoms with Crippen LogP contribution in [0, 0.1) is 17.2 Å². The van der Waals surface area contributed by atoms with Crippen molar-refractivity contribution in [2.45, 2.75) is 76.7 Å². The van der Waals surface area contributed by atoms with Crippen LogP contribution in [0.2, 0.25) is 0 Å². The molecule has 110 valence electrons. The summed E-state index contributed by atoms with van der Waals surface area (Å²) < 4.78 is 5.67. The largest absolute Gasteiger partial charge is 0.381 e. The number of hydrogen-bond donors (Lipinski definition) is 1. The maximum Gasteiger partial charge on any atom is 0.107 e. The monoisotopic (exact) mass is 266 g/mol. The molecule has 0 saturated heterocycles. The van der Waals surface area contributed by atoms with Crippen molar-refractivity contribution in [1.29, 1.82) is 5.26 Å². The van der Waals surface area contributed by atoms with Crippen LogP contribution in [-0.4, -0.2) is 18.8 Å². The Hall–Kier alpha value is -0.590. The number of unbranched alkanes of at least 4 members (excludes halogenated alkanes) is 5. The molecule has 0 heterocycles. The standard InChI is InChI=1S/C16H30N2O/c1-2-3-4-5-6-7-12-19-13-10-15-9-8-11-16(15,18)14-17/h15H,2-13,18H2,1H3. The average molecular weight is 266 g/mol. The van der Waals surface area contributed by atoms with Gasteiger partial charge in [-0.3, -0.25) is 0 Å². The highest BCUT2D eigenvalue weighted by molar-refractivity contribution is 5.11. The lowest BCUT2D eigenvalue weighted by molar-refractivity contribution is 0.111. The fourth-order valence-corrected chi connectivity index (χ4v) is 2.96. The molecule has 1 saturated carbocycles. The number of ether oxygens (including phenoxy) is 1. The van der Waals surface area contributed by atoms with E-state index in [4.69, 9.17) is 15.7 Å². The minimum atomic E-state index is -0.580. The van der Waals surface area contributed by atoms with E-state index in [2.05, 4.69) is 13.0 Å². The fraction of sp³-hybridized carbons (Fsp3) is 0.938. The molecule has 0 bridgehead atoms. The Morgan fingerprint density at radius 2 is 1.95 bits per heavy atom. The molecular weight excluding hydrogens is 236 g/mol. The summed E-state index contributed by atoms with van der Waals surface area (Å²) in [6.07, 6.45) is 11.8. The van der Waals surface area contributed by atoms with Gasteiger partial charge in [0.25, 0.3) is 0 Å². The van der Waals surface area contributed by atoms with Crippen LogP contribution in [0.25, 0.3) is 0 Å². The number of nitriles is 1. The molecule has 3 nitrogen and oxygen atoms in total. The van der Waals surface area contributed by atoms with E-state index in [1.165, 1.54) is 38.5 Å². The van der Waals surface area contributed by atoms with E-state index in [0.717, 1.165) is 38.9 Å². The molecule has 0 radical (unpaired) electrons. The maximum atomic E-state index is 9.12. The van der Waals surface area contributed by atoms with Crippen LogP contribution in [0.15, 0.2) is 0 Å². The molecule has 3 heteroatoms. The Bertz CT molecular complexity index is 274. The van der Waals surface area contributed by atoms with E-state index in [9.17, 15) is 0 Å². The second-order valence-corrected chi connectivity index (χ2v) is 5.91. The predicted molar refractivity (Wildman–Crippen MR) is 78.7 cm³/mol. The molecule has 0 aliphatic heterocycles. The van der Waals surface area contributed by atoms with E-state index in [-0.39, 0.29) is 0 Å². The lowest BCUT2D eigenvalue weighted by Gasteiger charge is -2.23. The lowest BCUT2D eigenvalue weighted by atomic mass is 9.87. The zero-order valence-electron chi connectivity index (χ0n) is 12.5. The predicted octanol–water partition coefficient (Wildman–Crippen LogP) is 3.77. The summed E-state index contributed by atoms with van der Waals surface area (Å²) in [5, 5.41) is 9.12. The Labute approximate surface area is 118 Å². The molecule has 0 aromatic carbocycles. The third-order valence-corrected chi connectivity index (χ3v) is 4.33. The molecule has 0 aromatic heterocycles. The van der Waals surface area contributed by atoms with Crippen LogP contribution in [0.3, 0.4) is 0 Å². The van der Waals surface area contributed by atoms with Crippen molar-refractivity contribution in [2.75, 3.05) is 13.2 Å². The Morgan fingerprint density at radius 3 is 2.68 bits per heavy atom. The Kier molecular flexibility index (Phi) is 8.09. The van der Waals surface area contributed by atoms with Gasteiger partial charge < -0.3 is 10.5 Å². The first kappa shape index (κ1) is 16.5. The summed E-state index contributed by atoms with van der Waals surface area (Å²) in [4.78, 5) is 0. The van der Waals surface area contributed by atoms with Crippen LogP contribution in [0.5, 0.6) is 0 Å². The minimum Gasteiger partial charge on any atom is -0.381 e. The molecule has 2 unspecified atom stereocenters. The first-order valence-electron chi connectivity index (χ1n) is 8.01. The highest BCUT2D eigenvalue weighted by Crippen LogP contribution is 2.35. The van der Waals surface area contributed by atoms with Crippen molar-refractivity contribution in [3.63, 3.8) is 0 Å². The van der Waals surface area contributed by atoms with Crippen molar-refractivity contribution in [2.24, 2.45) is 11.7 Å². The van der Waals surface area contributed by atoms with Gasteiger partial charge in [-0.15, -0.1) is 0 Å². The number of nitrogens with two attached hydrogens (primary N) is 1. The van der Waals surface area contributed by atoms with E-state index in [1.807, 2.05) is 0 Å². The molecule has 0 amide bonds. The van der Waals surface area contributed by atoms with Gasteiger partial charge in [-0.2, -0.15) is 5.26 Å². The summed E-state index contributed by atoms with van der Waals surface area (Å²) in [5.41, 5.74) is 5.51. The van der Waals surface area contributed by atoms with Crippen LogP contribution < -0.4 is 5.73 Å². The summed E-state index contributed by atoms with van der Waals surface area (Å²) in [5.74, 6) is 0.335.